The quantitative estimate of drug-likeness (QED) is 0.681. The highest BCUT2D eigenvalue weighted by Gasteiger charge is 2.44. The molecule has 1 fully saturated rings. The van der Waals surface area contributed by atoms with E-state index in [4.69, 9.17) is 0 Å². The highest BCUT2D eigenvalue weighted by Crippen LogP contribution is 2.32. The number of carbonyl (C=O) groups excluding carboxylic acids is 4. The van der Waals surface area contributed by atoms with Crippen LogP contribution in [-0.2, 0) is 16.1 Å². The molecule has 0 aliphatic carbocycles. The topological polar surface area (TPSA) is 121 Å². The molecule has 2 atom stereocenters. The number of carbonyl (C=O) groups is 4. The number of halogens is 3. The summed E-state index contributed by atoms with van der Waals surface area (Å²) in [5.41, 5.74) is 0.0940. The zero-order valence-corrected chi connectivity index (χ0v) is 16.3. The number of hydrogen-bond donors (Lipinski definition) is 2. The second kappa shape index (κ2) is 8.02. The van der Waals surface area contributed by atoms with Gasteiger partial charge in [0.1, 0.15) is 6.04 Å². The van der Waals surface area contributed by atoms with Crippen LogP contribution in [0.4, 0.5) is 13.2 Å². The van der Waals surface area contributed by atoms with E-state index in [9.17, 15) is 32.3 Å². The Morgan fingerprint density at radius 1 is 1.22 bits per heavy atom. The highest BCUT2D eigenvalue weighted by molar-refractivity contribution is 6.06. The maximum absolute atomic E-state index is 13.5. The fraction of sp³-hybridized carbons (Fsp3) is 0.300. The summed E-state index contributed by atoms with van der Waals surface area (Å²) < 4.78 is 40.4. The molecule has 4 amide bonds. The minimum absolute atomic E-state index is 0.00553. The predicted molar refractivity (Wildman–Crippen MR) is 101 cm³/mol. The normalized spacial score (nSPS) is 19.4. The van der Waals surface area contributed by atoms with Crippen molar-refractivity contribution in [1.82, 2.24) is 25.5 Å². The fourth-order valence-corrected chi connectivity index (χ4v) is 3.71. The first-order chi connectivity index (χ1) is 15.1. The average Bonchev–Trinajstić information content (AvgIpc) is 3.07. The van der Waals surface area contributed by atoms with Crippen molar-refractivity contribution in [3.63, 3.8) is 0 Å². The van der Waals surface area contributed by atoms with Crippen LogP contribution in [0.2, 0.25) is 0 Å². The number of alkyl halides is 3. The van der Waals surface area contributed by atoms with Crippen LogP contribution in [-0.4, -0.2) is 50.7 Å². The molecule has 2 unspecified atom stereocenters. The monoisotopic (exact) mass is 447 g/mol. The number of rotatable bonds is 4. The van der Waals surface area contributed by atoms with Gasteiger partial charge in [0.05, 0.1) is 11.9 Å². The molecule has 1 aromatic carbocycles. The second-order valence-electron chi connectivity index (χ2n) is 7.35. The number of fused-ring (bicyclic) bond motifs is 1. The Morgan fingerprint density at radius 3 is 2.66 bits per heavy atom. The van der Waals surface area contributed by atoms with Gasteiger partial charge < -0.3 is 10.2 Å². The molecule has 32 heavy (non-hydrogen) atoms. The van der Waals surface area contributed by atoms with Crippen molar-refractivity contribution < 1.29 is 32.3 Å². The van der Waals surface area contributed by atoms with Gasteiger partial charge in [0.2, 0.25) is 11.8 Å². The Morgan fingerprint density at radius 2 is 2.00 bits per heavy atom. The summed E-state index contributed by atoms with van der Waals surface area (Å²) in [6.07, 6.45) is -1.33. The SMILES string of the molecule is O=C1CCC(N2Cc3cc(C(=O)NC(c4cnccn4)C(F)(F)F)ccc3C2=O)C(=O)N1. The third kappa shape index (κ3) is 4.03. The lowest BCUT2D eigenvalue weighted by Crippen LogP contribution is -2.52. The molecular formula is C20H16F3N5O4. The van der Waals surface area contributed by atoms with Crippen LogP contribution in [0.1, 0.15) is 50.9 Å². The standard InChI is InChI=1S/C20H16F3N5O4/c21-20(22,23)16(13-8-24-5-6-25-13)27-17(30)10-1-2-12-11(7-10)9-28(19(12)32)14-3-4-15(29)26-18(14)31/h1-2,5-8,14,16H,3-4,9H2,(H,27,30)(H,26,29,31). The first-order valence-electron chi connectivity index (χ1n) is 9.56. The number of imide groups is 1. The van der Waals surface area contributed by atoms with Crippen molar-refractivity contribution in [2.45, 2.75) is 37.6 Å². The van der Waals surface area contributed by atoms with Crippen molar-refractivity contribution in [2.75, 3.05) is 0 Å². The molecule has 3 heterocycles. The van der Waals surface area contributed by atoms with Gasteiger partial charge in [0, 0.05) is 36.5 Å². The Bertz CT molecular complexity index is 1110. The summed E-state index contributed by atoms with van der Waals surface area (Å²) in [4.78, 5) is 57.2. The molecule has 2 N–H and O–H groups in total. The van der Waals surface area contributed by atoms with E-state index in [1.165, 1.54) is 29.3 Å². The number of nitrogens with zero attached hydrogens (tertiary/aromatic N) is 3. The molecule has 1 saturated heterocycles. The van der Waals surface area contributed by atoms with Crippen molar-refractivity contribution in [2.24, 2.45) is 0 Å². The van der Waals surface area contributed by atoms with E-state index in [0.29, 0.717) is 5.56 Å². The third-order valence-electron chi connectivity index (χ3n) is 5.27. The zero-order chi connectivity index (χ0) is 23.0. The van der Waals surface area contributed by atoms with Gasteiger partial charge in [0.15, 0.2) is 6.04 Å². The zero-order valence-electron chi connectivity index (χ0n) is 16.3. The average molecular weight is 447 g/mol. The van der Waals surface area contributed by atoms with Crippen molar-refractivity contribution in [3.8, 4) is 0 Å². The molecule has 12 heteroatoms. The van der Waals surface area contributed by atoms with Crippen LogP contribution in [0, 0.1) is 0 Å². The van der Waals surface area contributed by atoms with Gasteiger partial charge in [-0.25, -0.2) is 0 Å². The van der Waals surface area contributed by atoms with E-state index in [0.717, 1.165) is 12.4 Å². The van der Waals surface area contributed by atoms with E-state index >= 15 is 0 Å². The summed E-state index contributed by atoms with van der Waals surface area (Å²) in [6, 6.07) is 0.696. The summed E-state index contributed by atoms with van der Waals surface area (Å²) >= 11 is 0. The summed E-state index contributed by atoms with van der Waals surface area (Å²) in [6.45, 7) is -0.00553. The van der Waals surface area contributed by atoms with Gasteiger partial charge in [-0.3, -0.25) is 34.5 Å². The van der Waals surface area contributed by atoms with Gasteiger partial charge in [0.25, 0.3) is 11.8 Å². The van der Waals surface area contributed by atoms with Crippen molar-refractivity contribution in [3.05, 3.63) is 59.2 Å². The highest BCUT2D eigenvalue weighted by atomic mass is 19.4. The smallest absolute Gasteiger partial charge is 0.335 e. The molecule has 0 bridgehead atoms. The Labute approximate surface area is 179 Å². The Balaban J connectivity index is 1.54. The second-order valence-corrected chi connectivity index (χ2v) is 7.35. The van der Waals surface area contributed by atoms with E-state index in [2.05, 4.69) is 15.3 Å². The molecule has 2 aliphatic rings. The van der Waals surface area contributed by atoms with Crippen LogP contribution in [0.5, 0.6) is 0 Å². The van der Waals surface area contributed by atoms with Crippen LogP contribution in [0.25, 0.3) is 0 Å². The molecule has 4 rings (SSSR count). The van der Waals surface area contributed by atoms with Gasteiger partial charge >= 0.3 is 6.18 Å². The summed E-state index contributed by atoms with van der Waals surface area (Å²) in [7, 11) is 0. The largest absolute Gasteiger partial charge is 0.414 e. The molecule has 9 nitrogen and oxygen atoms in total. The number of nitrogens with one attached hydrogen (secondary N) is 2. The molecule has 2 aromatic rings. The summed E-state index contributed by atoms with van der Waals surface area (Å²) in [5, 5.41) is 4.09. The van der Waals surface area contributed by atoms with Gasteiger partial charge in [-0.1, -0.05) is 0 Å². The van der Waals surface area contributed by atoms with Gasteiger partial charge in [-0.05, 0) is 30.2 Å². The molecule has 1 aromatic heterocycles. The molecule has 166 valence electrons. The predicted octanol–water partition coefficient (Wildman–Crippen LogP) is 1.27. The molecule has 2 aliphatic heterocycles. The van der Waals surface area contributed by atoms with E-state index in [1.807, 2.05) is 5.32 Å². The Hall–Kier alpha value is -3.83. The number of benzene rings is 1. The maximum atomic E-state index is 13.5. The molecule has 0 spiro atoms. The van der Waals surface area contributed by atoms with Crippen molar-refractivity contribution in [1.29, 1.82) is 0 Å². The minimum atomic E-state index is -4.80. The van der Waals surface area contributed by atoms with Gasteiger partial charge in [-0.2, -0.15) is 13.2 Å². The molecule has 0 radical (unpaired) electrons. The first kappa shape index (κ1) is 21.4. The van der Waals surface area contributed by atoms with Crippen LogP contribution < -0.4 is 10.6 Å². The maximum Gasteiger partial charge on any atom is 0.414 e. The number of aromatic nitrogens is 2. The lowest BCUT2D eigenvalue weighted by atomic mass is 10.0. The number of hydrogen-bond acceptors (Lipinski definition) is 6. The van der Waals surface area contributed by atoms with E-state index < -0.39 is 47.6 Å². The van der Waals surface area contributed by atoms with Crippen LogP contribution >= 0.6 is 0 Å². The Kier molecular flexibility index (Phi) is 5.36. The minimum Gasteiger partial charge on any atom is -0.335 e. The first-order valence-corrected chi connectivity index (χ1v) is 9.56. The van der Waals surface area contributed by atoms with E-state index in [-0.39, 0.29) is 30.5 Å². The lowest BCUT2D eigenvalue weighted by molar-refractivity contribution is -0.156. The van der Waals surface area contributed by atoms with Gasteiger partial charge in [-0.15, -0.1) is 0 Å². The van der Waals surface area contributed by atoms with Crippen LogP contribution in [0.3, 0.4) is 0 Å². The number of amides is 4. The lowest BCUT2D eigenvalue weighted by Gasteiger charge is -2.29. The fourth-order valence-electron chi connectivity index (χ4n) is 3.71. The van der Waals surface area contributed by atoms with Crippen LogP contribution in [0.15, 0.2) is 36.8 Å². The van der Waals surface area contributed by atoms with E-state index in [1.54, 1.807) is 0 Å². The third-order valence-corrected chi connectivity index (χ3v) is 5.27. The number of piperidine rings is 1. The molecular weight excluding hydrogens is 431 g/mol. The molecule has 0 saturated carbocycles. The van der Waals surface area contributed by atoms with Crippen molar-refractivity contribution >= 4 is 23.6 Å². The summed E-state index contributed by atoms with van der Waals surface area (Å²) in [5.74, 6) is -2.46.